The molecule has 130 valence electrons. The molecule has 2 fully saturated rings. The highest BCUT2D eigenvalue weighted by molar-refractivity contribution is 6.00. The fourth-order valence-electron chi connectivity index (χ4n) is 3.11. The molecule has 2 aliphatic rings. The van der Waals surface area contributed by atoms with Crippen molar-refractivity contribution in [3.8, 4) is 0 Å². The second-order valence-corrected chi connectivity index (χ2v) is 5.94. The van der Waals surface area contributed by atoms with Gasteiger partial charge < -0.3 is 9.69 Å². The molecule has 2 saturated heterocycles. The smallest absolute Gasteiger partial charge is 0.234 e. The third-order valence-corrected chi connectivity index (χ3v) is 4.48. The molecule has 0 saturated carbocycles. The highest BCUT2D eigenvalue weighted by Gasteiger charge is 2.29. The molecule has 1 aromatic rings. The van der Waals surface area contributed by atoms with E-state index in [1.165, 1.54) is 0 Å². The molecule has 1 N–H and O–H groups in total. The number of carbonyl (C=O) groups excluding carboxylic acids is 3. The fourth-order valence-corrected chi connectivity index (χ4v) is 3.11. The van der Waals surface area contributed by atoms with E-state index in [1.807, 2.05) is 19.9 Å². The van der Waals surface area contributed by atoms with Crippen LogP contribution in [0.5, 0.6) is 0 Å². The number of aldehydes is 1. The number of nitrogens with zero attached hydrogens (tertiary/aromatic N) is 2. The lowest BCUT2D eigenvalue weighted by molar-refractivity contribution is -0.134. The lowest BCUT2D eigenvalue weighted by atomic mass is 9.91. The van der Waals surface area contributed by atoms with Gasteiger partial charge in [0.1, 0.15) is 6.29 Å². The number of nitrogens with one attached hydrogen (secondary N) is 1. The maximum atomic E-state index is 12.0. The van der Waals surface area contributed by atoms with Crippen LogP contribution in [0.25, 0.3) is 0 Å². The molecule has 3 rings (SSSR count). The minimum Gasteiger partial charge on any atom is -0.370 e. The van der Waals surface area contributed by atoms with Crippen LogP contribution >= 0.6 is 0 Å². The van der Waals surface area contributed by atoms with Gasteiger partial charge in [0.2, 0.25) is 11.8 Å². The van der Waals surface area contributed by atoms with Gasteiger partial charge in [-0.2, -0.15) is 0 Å². The molecule has 24 heavy (non-hydrogen) atoms. The second kappa shape index (κ2) is 8.57. The molecule has 0 aliphatic carbocycles. The van der Waals surface area contributed by atoms with Crippen LogP contribution in [0.4, 0.5) is 5.69 Å². The third-order valence-electron chi connectivity index (χ3n) is 4.48. The maximum Gasteiger partial charge on any atom is 0.234 e. The molecule has 2 amide bonds. The number of carbonyl (C=O) groups is 3. The molecule has 6 nitrogen and oxygen atoms in total. The summed E-state index contributed by atoms with van der Waals surface area (Å²) in [6.07, 6.45) is 7.13. The highest BCUT2D eigenvalue weighted by Crippen LogP contribution is 2.28. The largest absolute Gasteiger partial charge is 0.370 e. The summed E-state index contributed by atoms with van der Waals surface area (Å²) in [7, 11) is 0. The lowest BCUT2D eigenvalue weighted by Gasteiger charge is -2.32. The Morgan fingerprint density at radius 1 is 1.17 bits per heavy atom. The Hall–Kier alpha value is -2.24. The van der Waals surface area contributed by atoms with Crippen LogP contribution in [0.3, 0.4) is 0 Å². The SMILES string of the molecule is CC.O=CC1CCN(c2cncc(C3CCC(=O)NC3=O)c2)CC1. The van der Waals surface area contributed by atoms with Crippen molar-refractivity contribution in [2.75, 3.05) is 18.0 Å². The summed E-state index contributed by atoms with van der Waals surface area (Å²) in [6.45, 7) is 5.65. The first-order valence-corrected chi connectivity index (χ1v) is 8.66. The van der Waals surface area contributed by atoms with E-state index >= 15 is 0 Å². The summed E-state index contributed by atoms with van der Waals surface area (Å²) >= 11 is 0. The zero-order valence-electron chi connectivity index (χ0n) is 14.3. The number of amides is 2. The Balaban J connectivity index is 0.00000100. The quantitative estimate of drug-likeness (QED) is 0.677. The predicted molar refractivity (Wildman–Crippen MR) is 91.7 cm³/mol. The summed E-state index contributed by atoms with van der Waals surface area (Å²) in [6, 6.07) is 1.98. The van der Waals surface area contributed by atoms with Gasteiger partial charge in [0.25, 0.3) is 0 Å². The van der Waals surface area contributed by atoms with Gasteiger partial charge in [-0.3, -0.25) is 19.9 Å². The van der Waals surface area contributed by atoms with E-state index in [2.05, 4.69) is 15.2 Å². The first kappa shape index (κ1) is 18.1. The number of imide groups is 1. The van der Waals surface area contributed by atoms with Crippen LogP contribution in [0.2, 0.25) is 0 Å². The average Bonchev–Trinajstić information content (AvgIpc) is 2.63. The molecule has 0 radical (unpaired) electrons. The Kier molecular flexibility index (Phi) is 6.46. The van der Waals surface area contributed by atoms with Gasteiger partial charge >= 0.3 is 0 Å². The van der Waals surface area contributed by atoms with Crippen molar-refractivity contribution in [1.82, 2.24) is 10.3 Å². The van der Waals surface area contributed by atoms with Crippen LogP contribution < -0.4 is 10.2 Å². The molecular weight excluding hydrogens is 306 g/mol. The van der Waals surface area contributed by atoms with Gasteiger partial charge in [-0.25, -0.2) is 0 Å². The van der Waals surface area contributed by atoms with Crippen LogP contribution in [0.1, 0.15) is 51.0 Å². The van der Waals surface area contributed by atoms with Crippen molar-refractivity contribution in [2.45, 2.75) is 45.4 Å². The maximum absolute atomic E-state index is 12.0. The Bertz CT molecular complexity index is 595. The van der Waals surface area contributed by atoms with Gasteiger partial charge in [0.15, 0.2) is 0 Å². The van der Waals surface area contributed by atoms with E-state index in [4.69, 9.17) is 0 Å². The number of aromatic nitrogens is 1. The average molecular weight is 331 g/mol. The van der Waals surface area contributed by atoms with Crippen LogP contribution in [-0.4, -0.2) is 36.2 Å². The zero-order chi connectivity index (χ0) is 17.5. The first-order chi connectivity index (χ1) is 11.7. The summed E-state index contributed by atoms with van der Waals surface area (Å²) < 4.78 is 0. The van der Waals surface area contributed by atoms with E-state index in [1.54, 1.807) is 12.4 Å². The van der Waals surface area contributed by atoms with E-state index in [0.29, 0.717) is 12.8 Å². The van der Waals surface area contributed by atoms with Crippen molar-refractivity contribution >= 4 is 23.8 Å². The second-order valence-electron chi connectivity index (χ2n) is 5.94. The van der Waals surface area contributed by atoms with Crippen LogP contribution in [0.15, 0.2) is 18.5 Å². The normalized spacial score (nSPS) is 21.6. The van der Waals surface area contributed by atoms with E-state index < -0.39 is 0 Å². The molecule has 6 heteroatoms. The zero-order valence-corrected chi connectivity index (χ0v) is 14.3. The van der Waals surface area contributed by atoms with Crippen LogP contribution in [-0.2, 0) is 14.4 Å². The minimum atomic E-state index is -0.308. The lowest BCUT2D eigenvalue weighted by Crippen LogP contribution is -2.39. The van der Waals surface area contributed by atoms with E-state index in [9.17, 15) is 14.4 Å². The van der Waals surface area contributed by atoms with Gasteiger partial charge in [0.05, 0.1) is 17.8 Å². The number of hydrogen-bond acceptors (Lipinski definition) is 5. The van der Waals surface area contributed by atoms with Crippen LogP contribution in [0, 0.1) is 5.92 Å². The topological polar surface area (TPSA) is 79.4 Å². The number of piperidine rings is 2. The Labute approximate surface area is 142 Å². The Morgan fingerprint density at radius 3 is 2.50 bits per heavy atom. The van der Waals surface area contributed by atoms with Gasteiger partial charge in [0, 0.05) is 31.6 Å². The summed E-state index contributed by atoms with van der Waals surface area (Å²) in [4.78, 5) is 40.5. The molecule has 0 bridgehead atoms. The predicted octanol–water partition coefficient (Wildman–Crippen LogP) is 2.04. The molecule has 1 unspecified atom stereocenters. The van der Waals surface area contributed by atoms with Gasteiger partial charge in [-0.15, -0.1) is 0 Å². The molecule has 2 aliphatic heterocycles. The summed E-state index contributed by atoms with van der Waals surface area (Å²) in [5.41, 5.74) is 1.83. The minimum absolute atomic E-state index is 0.155. The van der Waals surface area contributed by atoms with Crippen molar-refractivity contribution in [1.29, 1.82) is 0 Å². The number of hydrogen-bond donors (Lipinski definition) is 1. The molecule has 1 aromatic heterocycles. The summed E-state index contributed by atoms with van der Waals surface area (Å²) in [5.74, 6) is -0.601. The van der Waals surface area contributed by atoms with Crippen molar-refractivity contribution in [2.24, 2.45) is 5.92 Å². The molecule has 0 spiro atoms. The van der Waals surface area contributed by atoms with Crippen molar-refractivity contribution in [3.05, 3.63) is 24.0 Å². The molecule has 0 aromatic carbocycles. The number of pyridine rings is 1. The standard InChI is InChI=1S/C16H19N3O3.C2H6/c20-10-11-3-5-19(6-4-11)13-7-12(8-17-9-13)14-1-2-15(21)18-16(14)22;1-2/h7-11,14H,1-6H2,(H,18,21,22);1-2H3. The molecular formula is C18H25N3O3. The van der Waals surface area contributed by atoms with E-state index in [0.717, 1.165) is 43.5 Å². The van der Waals surface area contributed by atoms with Crippen molar-refractivity contribution < 1.29 is 14.4 Å². The highest BCUT2D eigenvalue weighted by atomic mass is 16.2. The Morgan fingerprint density at radius 2 is 1.88 bits per heavy atom. The number of rotatable bonds is 3. The third kappa shape index (κ3) is 4.19. The molecule has 1 atom stereocenters. The van der Waals surface area contributed by atoms with E-state index in [-0.39, 0.29) is 23.7 Å². The summed E-state index contributed by atoms with van der Waals surface area (Å²) in [5, 5.41) is 2.38. The van der Waals surface area contributed by atoms with Gasteiger partial charge in [-0.1, -0.05) is 13.8 Å². The molecule has 3 heterocycles. The fraction of sp³-hybridized carbons (Fsp3) is 0.556. The number of anilines is 1. The monoisotopic (exact) mass is 331 g/mol. The first-order valence-electron chi connectivity index (χ1n) is 8.66. The van der Waals surface area contributed by atoms with Crippen molar-refractivity contribution in [3.63, 3.8) is 0 Å². The van der Waals surface area contributed by atoms with Gasteiger partial charge in [-0.05, 0) is 30.9 Å².